The fourth-order valence-corrected chi connectivity index (χ4v) is 4.79. The Balaban J connectivity index is 1.94. The summed E-state index contributed by atoms with van der Waals surface area (Å²) in [7, 11) is 1.86. The second-order valence-corrected chi connectivity index (χ2v) is 6.01. The molecule has 2 nitrogen and oxygen atoms in total. The molecule has 14 heavy (non-hydrogen) atoms. The van der Waals surface area contributed by atoms with Gasteiger partial charge in [-0.05, 0) is 55.8 Å². The Labute approximate surface area is 85.6 Å². The van der Waals surface area contributed by atoms with E-state index in [0.29, 0.717) is 6.61 Å². The maximum absolute atomic E-state index is 9.59. The number of ether oxygens (including phenoxy) is 1. The summed E-state index contributed by atoms with van der Waals surface area (Å²) in [5.41, 5.74) is 0.382. The van der Waals surface area contributed by atoms with Gasteiger partial charge in [-0.2, -0.15) is 0 Å². The van der Waals surface area contributed by atoms with Crippen molar-refractivity contribution in [2.75, 3.05) is 13.7 Å². The molecule has 4 atom stereocenters. The molecule has 4 bridgehead atoms. The van der Waals surface area contributed by atoms with Gasteiger partial charge in [0.25, 0.3) is 0 Å². The number of hydrogen-bond acceptors (Lipinski definition) is 2. The number of rotatable bonds is 2. The minimum atomic E-state index is 0.146. The zero-order valence-corrected chi connectivity index (χ0v) is 8.96. The minimum Gasteiger partial charge on any atom is -0.396 e. The average molecular weight is 196 g/mol. The molecule has 1 N–H and O–H groups in total. The molecule has 80 valence electrons. The largest absolute Gasteiger partial charge is 0.396 e. The zero-order valence-electron chi connectivity index (χ0n) is 8.96. The zero-order chi connectivity index (χ0) is 9.81. The van der Waals surface area contributed by atoms with Gasteiger partial charge in [0, 0.05) is 13.7 Å². The third-order valence-corrected chi connectivity index (χ3v) is 4.90. The fourth-order valence-electron chi connectivity index (χ4n) is 4.79. The fraction of sp³-hybridized carbons (Fsp3) is 1.00. The number of aliphatic hydroxyl groups excluding tert-OH is 1. The Hall–Kier alpha value is -0.0800. The topological polar surface area (TPSA) is 29.5 Å². The van der Waals surface area contributed by atoms with Gasteiger partial charge in [-0.25, -0.2) is 0 Å². The lowest BCUT2D eigenvalue weighted by Crippen LogP contribution is -2.57. The number of aliphatic hydroxyl groups is 1. The third-order valence-electron chi connectivity index (χ3n) is 4.90. The highest BCUT2D eigenvalue weighted by molar-refractivity contribution is 5.08. The molecule has 0 saturated heterocycles. The summed E-state index contributed by atoms with van der Waals surface area (Å²) in [5, 5.41) is 9.59. The first kappa shape index (κ1) is 9.17. The number of hydrogen-bond donors (Lipinski definition) is 1. The van der Waals surface area contributed by atoms with Gasteiger partial charge in [-0.1, -0.05) is 0 Å². The standard InChI is InChI=1S/C12H20O2/c1-14-12-5-9-2-10(6-12)4-11(3-9,7-12)8-13/h9-10,13H,2-8H2,1H3/t9-,10?,11?,12?/m0/s1. The van der Waals surface area contributed by atoms with Crippen LogP contribution in [0.15, 0.2) is 0 Å². The molecule has 0 spiro atoms. The average Bonchev–Trinajstić information content (AvgIpc) is 2.16. The molecule has 4 rings (SSSR count). The molecule has 0 aromatic heterocycles. The second kappa shape index (κ2) is 2.73. The molecule has 3 unspecified atom stereocenters. The molecule has 0 aromatic carbocycles. The Morgan fingerprint density at radius 3 is 2.36 bits per heavy atom. The first-order valence-corrected chi connectivity index (χ1v) is 5.85. The van der Waals surface area contributed by atoms with Gasteiger partial charge in [0.15, 0.2) is 0 Å². The summed E-state index contributed by atoms with van der Waals surface area (Å²) in [4.78, 5) is 0. The summed E-state index contributed by atoms with van der Waals surface area (Å²) in [6.07, 6.45) is 7.52. The van der Waals surface area contributed by atoms with Crippen LogP contribution in [0.3, 0.4) is 0 Å². The summed E-state index contributed by atoms with van der Waals surface area (Å²) >= 11 is 0. The highest BCUT2D eigenvalue weighted by Crippen LogP contribution is 2.62. The van der Waals surface area contributed by atoms with Crippen LogP contribution in [0.4, 0.5) is 0 Å². The first-order chi connectivity index (χ1) is 6.69. The van der Waals surface area contributed by atoms with Crippen LogP contribution in [0.2, 0.25) is 0 Å². The highest BCUT2D eigenvalue weighted by atomic mass is 16.5. The Morgan fingerprint density at radius 1 is 1.21 bits per heavy atom. The maximum Gasteiger partial charge on any atom is 0.0690 e. The van der Waals surface area contributed by atoms with Crippen molar-refractivity contribution in [3.63, 3.8) is 0 Å². The van der Waals surface area contributed by atoms with Crippen LogP contribution in [0.25, 0.3) is 0 Å². The quantitative estimate of drug-likeness (QED) is 0.731. The minimum absolute atomic E-state index is 0.146. The molecule has 4 fully saturated rings. The van der Waals surface area contributed by atoms with E-state index in [1.165, 1.54) is 32.1 Å². The lowest BCUT2D eigenvalue weighted by atomic mass is 9.48. The molecule has 0 aliphatic heterocycles. The summed E-state index contributed by atoms with van der Waals surface area (Å²) in [6.45, 7) is 0.380. The Bertz CT molecular complexity index is 213. The van der Waals surface area contributed by atoms with Gasteiger partial charge in [0.05, 0.1) is 5.60 Å². The van der Waals surface area contributed by atoms with Crippen molar-refractivity contribution < 1.29 is 9.84 Å². The molecule has 0 amide bonds. The summed E-state index contributed by atoms with van der Waals surface area (Å²) in [6, 6.07) is 0. The van der Waals surface area contributed by atoms with Crippen LogP contribution in [0.1, 0.15) is 38.5 Å². The lowest BCUT2D eigenvalue weighted by molar-refractivity contribution is -0.189. The molecule has 0 radical (unpaired) electrons. The van der Waals surface area contributed by atoms with Crippen molar-refractivity contribution in [3.8, 4) is 0 Å². The van der Waals surface area contributed by atoms with E-state index in [9.17, 15) is 5.11 Å². The van der Waals surface area contributed by atoms with E-state index in [4.69, 9.17) is 4.74 Å². The molecule has 4 aliphatic carbocycles. The molecule has 0 heterocycles. The molecular weight excluding hydrogens is 176 g/mol. The van der Waals surface area contributed by atoms with Crippen LogP contribution >= 0.6 is 0 Å². The predicted octanol–water partition coefficient (Wildman–Crippen LogP) is 1.96. The number of methoxy groups -OCH3 is 1. The first-order valence-electron chi connectivity index (χ1n) is 5.85. The lowest BCUT2D eigenvalue weighted by Gasteiger charge is -2.61. The van der Waals surface area contributed by atoms with E-state index < -0.39 is 0 Å². The monoisotopic (exact) mass is 196 g/mol. The van der Waals surface area contributed by atoms with Crippen molar-refractivity contribution in [1.29, 1.82) is 0 Å². The predicted molar refractivity (Wildman–Crippen MR) is 53.9 cm³/mol. The van der Waals surface area contributed by atoms with E-state index in [1.807, 2.05) is 7.11 Å². The summed E-state index contributed by atoms with van der Waals surface area (Å²) in [5.74, 6) is 1.67. The van der Waals surface area contributed by atoms with Gasteiger partial charge >= 0.3 is 0 Å². The van der Waals surface area contributed by atoms with Crippen molar-refractivity contribution in [2.24, 2.45) is 17.3 Å². The van der Waals surface area contributed by atoms with E-state index in [0.717, 1.165) is 18.3 Å². The smallest absolute Gasteiger partial charge is 0.0690 e. The van der Waals surface area contributed by atoms with Crippen LogP contribution in [-0.4, -0.2) is 24.4 Å². The van der Waals surface area contributed by atoms with Gasteiger partial charge in [-0.3, -0.25) is 0 Å². The highest BCUT2D eigenvalue weighted by Gasteiger charge is 2.57. The molecule has 0 aromatic rings. The maximum atomic E-state index is 9.59. The van der Waals surface area contributed by atoms with Crippen molar-refractivity contribution in [3.05, 3.63) is 0 Å². The van der Waals surface area contributed by atoms with Crippen molar-refractivity contribution >= 4 is 0 Å². The van der Waals surface area contributed by atoms with Crippen molar-refractivity contribution in [1.82, 2.24) is 0 Å². The van der Waals surface area contributed by atoms with E-state index in [2.05, 4.69) is 0 Å². The molecule has 4 saturated carbocycles. The normalized spacial score (nSPS) is 55.3. The van der Waals surface area contributed by atoms with E-state index in [1.54, 1.807) is 0 Å². The van der Waals surface area contributed by atoms with Gasteiger partial charge in [0.1, 0.15) is 0 Å². The van der Waals surface area contributed by atoms with Crippen molar-refractivity contribution in [2.45, 2.75) is 44.1 Å². The summed E-state index contributed by atoms with van der Waals surface area (Å²) < 4.78 is 5.77. The second-order valence-electron chi connectivity index (χ2n) is 6.01. The van der Waals surface area contributed by atoms with E-state index in [-0.39, 0.29) is 11.0 Å². The third kappa shape index (κ3) is 1.10. The molecular formula is C12H20O2. The molecule has 4 aliphatic rings. The van der Waals surface area contributed by atoms with Gasteiger partial charge < -0.3 is 9.84 Å². The van der Waals surface area contributed by atoms with Crippen LogP contribution in [-0.2, 0) is 4.74 Å². The van der Waals surface area contributed by atoms with Crippen LogP contribution < -0.4 is 0 Å². The van der Waals surface area contributed by atoms with Crippen LogP contribution in [0, 0.1) is 17.3 Å². The Morgan fingerprint density at radius 2 is 1.86 bits per heavy atom. The van der Waals surface area contributed by atoms with Crippen LogP contribution in [0.5, 0.6) is 0 Å². The van der Waals surface area contributed by atoms with Gasteiger partial charge in [0.2, 0.25) is 0 Å². The molecule has 2 heteroatoms. The Kier molecular flexibility index (Phi) is 1.79. The van der Waals surface area contributed by atoms with E-state index >= 15 is 0 Å². The van der Waals surface area contributed by atoms with Gasteiger partial charge in [-0.15, -0.1) is 0 Å². The SMILES string of the molecule is COC12CC3C[C@@H](CC(CO)(C3)C1)C2.